The number of hydrogen-bond acceptors (Lipinski definition) is 6. The Balaban J connectivity index is 1.80. The zero-order valence-electron chi connectivity index (χ0n) is 20.0. The molecule has 2 aliphatic rings. The molecule has 0 N–H and O–H groups in total. The van der Waals surface area contributed by atoms with Gasteiger partial charge in [-0.2, -0.15) is 5.26 Å². The van der Waals surface area contributed by atoms with Crippen LogP contribution in [0.15, 0.2) is 81.8 Å². The van der Waals surface area contributed by atoms with Crippen LogP contribution >= 0.6 is 31.9 Å². The summed E-state index contributed by atoms with van der Waals surface area (Å²) in [6, 6.07) is 21.0. The van der Waals surface area contributed by atoms with E-state index in [0.29, 0.717) is 21.3 Å². The summed E-state index contributed by atoms with van der Waals surface area (Å²) in [5, 5.41) is 10.7. The molecule has 0 amide bonds. The van der Waals surface area contributed by atoms with Crippen molar-refractivity contribution in [2.75, 3.05) is 19.1 Å². The third-order valence-corrected chi connectivity index (χ3v) is 8.34. The molecule has 5 rings (SSSR count). The molecule has 0 saturated carbocycles. The Morgan fingerprint density at radius 3 is 2.41 bits per heavy atom. The van der Waals surface area contributed by atoms with E-state index in [2.05, 4.69) is 37.9 Å². The molecule has 6 nitrogen and oxygen atoms in total. The van der Waals surface area contributed by atoms with Gasteiger partial charge in [0.25, 0.3) is 0 Å². The molecule has 0 spiro atoms. The third kappa shape index (κ3) is 3.89. The molecule has 186 valence electrons. The van der Waals surface area contributed by atoms with Gasteiger partial charge in [0.05, 0.1) is 30.8 Å². The fourth-order valence-electron chi connectivity index (χ4n) is 5.57. The molecule has 0 bridgehead atoms. The van der Waals surface area contributed by atoms with E-state index in [1.54, 1.807) is 25.3 Å². The number of fused-ring (bicyclic) bond motifs is 3. The zero-order valence-corrected chi connectivity index (χ0v) is 23.2. The first-order valence-electron chi connectivity index (χ1n) is 11.6. The van der Waals surface area contributed by atoms with Crippen molar-refractivity contribution in [3.8, 4) is 11.8 Å². The monoisotopic (exact) mass is 620 g/mol. The standard InChI is InChI=1S/C29H22Br2N2O4/c1-36-23-13-9-19(15-21(23)31)27(34)26-25(18-7-11-20(30)12-8-18)29(16-32,28(35)37-2)24-14-10-17-5-3-4-6-22(17)33(24)26/h3-15,24-26H,1-2H3/t24-,25+,26+,29-/m0/s1. The maximum absolute atomic E-state index is 14.4. The highest BCUT2D eigenvalue weighted by molar-refractivity contribution is 9.10. The fraction of sp³-hybridized carbons (Fsp3) is 0.207. The third-order valence-electron chi connectivity index (χ3n) is 7.19. The second-order valence-electron chi connectivity index (χ2n) is 8.93. The Morgan fingerprint density at radius 1 is 1.03 bits per heavy atom. The van der Waals surface area contributed by atoms with Gasteiger partial charge in [0.2, 0.25) is 0 Å². The van der Waals surface area contributed by atoms with Crippen molar-refractivity contribution in [2.45, 2.75) is 18.0 Å². The van der Waals surface area contributed by atoms with Gasteiger partial charge < -0.3 is 14.4 Å². The lowest BCUT2D eigenvalue weighted by Gasteiger charge is -2.36. The van der Waals surface area contributed by atoms with Crippen LogP contribution in [0.1, 0.15) is 27.4 Å². The van der Waals surface area contributed by atoms with Crippen molar-refractivity contribution in [2.24, 2.45) is 5.41 Å². The molecule has 37 heavy (non-hydrogen) atoms. The average Bonchev–Trinajstić information content (AvgIpc) is 3.24. The summed E-state index contributed by atoms with van der Waals surface area (Å²) in [4.78, 5) is 29.9. The van der Waals surface area contributed by atoms with Crippen LogP contribution in [-0.4, -0.2) is 38.1 Å². The Morgan fingerprint density at radius 2 is 1.76 bits per heavy atom. The maximum Gasteiger partial charge on any atom is 0.329 e. The van der Waals surface area contributed by atoms with E-state index in [0.717, 1.165) is 15.7 Å². The van der Waals surface area contributed by atoms with E-state index in [4.69, 9.17) is 9.47 Å². The molecular weight excluding hydrogens is 600 g/mol. The highest BCUT2D eigenvalue weighted by atomic mass is 79.9. The molecule has 0 radical (unpaired) electrons. The normalized spacial score (nSPS) is 23.5. The number of Topliss-reactive ketones (excluding diaryl/α,β-unsaturated/α-hetero) is 1. The number of ether oxygens (including phenoxy) is 2. The Hall–Kier alpha value is -3.41. The minimum Gasteiger partial charge on any atom is -0.496 e. The second kappa shape index (κ2) is 9.81. The predicted molar refractivity (Wildman–Crippen MR) is 148 cm³/mol. The minimum atomic E-state index is -1.67. The zero-order chi connectivity index (χ0) is 26.3. The van der Waals surface area contributed by atoms with Gasteiger partial charge in [-0.05, 0) is 63.5 Å². The number of hydrogen-bond donors (Lipinski definition) is 0. The van der Waals surface area contributed by atoms with Crippen LogP contribution in [0.4, 0.5) is 5.69 Å². The summed E-state index contributed by atoms with van der Waals surface area (Å²) >= 11 is 6.95. The second-order valence-corrected chi connectivity index (χ2v) is 10.7. The number of carbonyl (C=O) groups excluding carboxylic acids is 2. The Kier molecular flexibility index (Phi) is 6.69. The highest BCUT2D eigenvalue weighted by Gasteiger charge is 2.67. The van der Waals surface area contributed by atoms with Crippen LogP contribution in [0.25, 0.3) is 6.08 Å². The number of anilines is 1. The van der Waals surface area contributed by atoms with E-state index in [-0.39, 0.29) is 5.78 Å². The van der Waals surface area contributed by atoms with Crippen molar-refractivity contribution in [3.63, 3.8) is 0 Å². The molecular formula is C29H22Br2N2O4. The van der Waals surface area contributed by atoms with Crippen molar-refractivity contribution in [1.29, 1.82) is 5.26 Å². The molecule has 1 fully saturated rings. The molecule has 4 atom stereocenters. The summed E-state index contributed by atoms with van der Waals surface area (Å²) in [7, 11) is 2.84. The Labute approximate surface area is 231 Å². The molecule has 3 aromatic carbocycles. The van der Waals surface area contributed by atoms with Crippen LogP contribution in [0, 0.1) is 16.7 Å². The van der Waals surface area contributed by atoms with Gasteiger partial charge in [-0.25, -0.2) is 0 Å². The topological polar surface area (TPSA) is 79.6 Å². The number of nitriles is 1. The van der Waals surface area contributed by atoms with Crippen LogP contribution in [0.5, 0.6) is 5.75 Å². The predicted octanol–water partition coefficient (Wildman–Crippen LogP) is 6.15. The Bertz CT molecular complexity index is 1460. The fourth-order valence-corrected chi connectivity index (χ4v) is 6.37. The molecule has 0 aliphatic carbocycles. The van der Waals surface area contributed by atoms with Crippen molar-refractivity contribution in [3.05, 3.63) is 98.4 Å². The van der Waals surface area contributed by atoms with Crippen molar-refractivity contribution in [1.82, 2.24) is 0 Å². The number of rotatable bonds is 5. The first-order valence-corrected chi connectivity index (χ1v) is 13.1. The van der Waals surface area contributed by atoms with E-state index >= 15 is 0 Å². The lowest BCUT2D eigenvalue weighted by atomic mass is 9.68. The van der Waals surface area contributed by atoms with Crippen LogP contribution in [-0.2, 0) is 9.53 Å². The number of halogens is 2. The number of methoxy groups -OCH3 is 2. The summed E-state index contributed by atoms with van der Waals surface area (Å²) in [6.45, 7) is 0. The lowest BCUT2D eigenvalue weighted by molar-refractivity contribution is -0.150. The summed E-state index contributed by atoms with van der Waals surface area (Å²) in [5.41, 5.74) is 1.15. The van der Waals surface area contributed by atoms with Crippen molar-refractivity contribution < 1.29 is 19.1 Å². The number of carbonyl (C=O) groups is 2. The molecule has 3 aromatic rings. The van der Waals surface area contributed by atoms with Gasteiger partial charge in [0.1, 0.15) is 11.8 Å². The quantitative estimate of drug-likeness (QED) is 0.251. The summed E-state index contributed by atoms with van der Waals surface area (Å²) in [6.07, 6.45) is 3.74. The molecule has 0 aromatic heterocycles. The SMILES string of the molecule is COC(=O)[C@]1(C#N)[C@H](c2ccc(Br)cc2)[C@H](C(=O)c2ccc(OC)c(Br)c2)N2c3ccccc3C=C[C@H]21. The smallest absolute Gasteiger partial charge is 0.329 e. The molecule has 2 aliphatic heterocycles. The van der Waals surface area contributed by atoms with Gasteiger partial charge in [0.15, 0.2) is 11.2 Å². The van der Waals surface area contributed by atoms with E-state index in [1.807, 2.05) is 65.6 Å². The number of nitrogens with zero attached hydrogens (tertiary/aromatic N) is 2. The van der Waals surface area contributed by atoms with Gasteiger partial charge in [0, 0.05) is 21.6 Å². The number of benzene rings is 3. The number of para-hydroxylation sites is 1. The van der Waals surface area contributed by atoms with E-state index in [1.165, 1.54) is 7.11 Å². The largest absolute Gasteiger partial charge is 0.496 e. The first kappa shape index (κ1) is 25.2. The highest BCUT2D eigenvalue weighted by Crippen LogP contribution is 2.56. The number of esters is 1. The average molecular weight is 622 g/mol. The van der Waals surface area contributed by atoms with Crippen LogP contribution in [0.3, 0.4) is 0 Å². The van der Waals surface area contributed by atoms with Crippen molar-refractivity contribution >= 4 is 55.4 Å². The summed E-state index contributed by atoms with van der Waals surface area (Å²) < 4.78 is 12.1. The van der Waals surface area contributed by atoms with E-state index < -0.39 is 29.4 Å². The van der Waals surface area contributed by atoms with Gasteiger partial charge in [-0.1, -0.05) is 58.4 Å². The lowest BCUT2D eigenvalue weighted by Crippen LogP contribution is -2.46. The maximum atomic E-state index is 14.4. The number of ketones is 1. The first-order chi connectivity index (χ1) is 17.9. The molecule has 2 heterocycles. The molecule has 1 saturated heterocycles. The minimum absolute atomic E-state index is 0.215. The van der Waals surface area contributed by atoms with Crippen LogP contribution < -0.4 is 9.64 Å². The van der Waals surface area contributed by atoms with Gasteiger partial charge >= 0.3 is 5.97 Å². The van der Waals surface area contributed by atoms with E-state index in [9.17, 15) is 14.9 Å². The van der Waals surface area contributed by atoms with Gasteiger partial charge in [-0.3, -0.25) is 9.59 Å². The molecule has 0 unspecified atom stereocenters. The molecule has 8 heteroatoms. The van der Waals surface area contributed by atoms with Gasteiger partial charge in [-0.15, -0.1) is 0 Å². The van der Waals surface area contributed by atoms with Crippen LogP contribution in [0.2, 0.25) is 0 Å². The summed E-state index contributed by atoms with van der Waals surface area (Å²) in [5.74, 6) is -1.11.